The zero-order valence-electron chi connectivity index (χ0n) is 10.7. The molecule has 0 heterocycles. The number of nitro groups is 1. The molecule has 104 valence electrons. The van der Waals surface area contributed by atoms with Crippen LogP contribution >= 0.6 is 11.6 Å². The fourth-order valence-corrected chi connectivity index (χ4v) is 1.98. The van der Waals surface area contributed by atoms with Gasteiger partial charge < -0.3 is 9.47 Å². The van der Waals surface area contributed by atoms with Crippen molar-refractivity contribution in [2.24, 2.45) is 0 Å². The molecule has 0 aromatic heterocycles. The molecule has 0 aliphatic carbocycles. The molecule has 0 saturated carbocycles. The summed E-state index contributed by atoms with van der Waals surface area (Å²) in [5.41, 5.74) is 0.668. The molecule has 0 amide bonds. The van der Waals surface area contributed by atoms with Crippen molar-refractivity contribution < 1.29 is 14.4 Å². The van der Waals surface area contributed by atoms with E-state index in [2.05, 4.69) is 0 Å². The van der Waals surface area contributed by atoms with E-state index in [0.29, 0.717) is 12.4 Å². The van der Waals surface area contributed by atoms with Gasteiger partial charge in [0.15, 0.2) is 0 Å². The molecule has 0 fully saturated rings. The van der Waals surface area contributed by atoms with Crippen LogP contribution in [0.2, 0.25) is 5.02 Å². The second kappa shape index (κ2) is 6.36. The number of rotatable bonds is 5. The SMILES string of the molecule is COCc1cccc(Oc2cccc(Cl)c2[N+](=O)[O-])c1. The molecule has 0 saturated heterocycles. The topological polar surface area (TPSA) is 61.6 Å². The van der Waals surface area contributed by atoms with Crippen LogP contribution in [0.15, 0.2) is 42.5 Å². The number of methoxy groups -OCH3 is 1. The second-order valence-electron chi connectivity index (χ2n) is 4.03. The van der Waals surface area contributed by atoms with Crippen molar-refractivity contribution in [2.45, 2.75) is 6.61 Å². The quantitative estimate of drug-likeness (QED) is 0.612. The predicted molar refractivity (Wildman–Crippen MR) is 75.3 cm³/mol. The Hall–Kier alpha value is -2.11. The first-order valence-electron chi connectivity index (χ1n) is 5.80. The van der Waals surface area contributed by atoms with E-state index < -0.39 is 4.92 Å². The van der Waals surface area contributed by atoms with Crippen molar-refractivity contribution in [3.05, 3.63) is 63.2 Å². The monoisotopic (exact) mass is 293 g/mol. The Labute approximate surface area is 120 Å². The minimum absolute atomic E-state index is 0.0422. The molecular formula is C14H12ClNO4. The summed E-state index contributed by atoms with van der Waals surface area (Å²) < 4.78 is 10.6. The van der Waals surface area contributed by atoms with Crippen molar-refractivity contribution >= 4 is 17.3 Å². The van der Waals surface area contributed by atoms with Crippen LogP contribution in [0.4, 0.5) is 5.69 Å². The van der Waals surface area contributed by atoms with E-state index in [1.54, 1.807) is 31.4 Å². The number of halogens is 1. The Kier molecular flexibility index (Phi) is 4.55. The molecule has 2 aromatic carbocycles. The number of benzene rings is 2. The van der Waals surface area contributed by atoms with E-state index in [-0.39, 0.29) is 16.5 Å². The minimum atomic E-state index is -0.559. The minimum Gasteiger partial charge on any atom is -0.450 e. The van der Waals surface area contributed by atoms with Gasteiger partial charge in [-0.05, 0) is 29.8 Å². The first kappa shape index (κ1) is 14.3. The van der Waals surface area contributed by atoms with Crippen molar-refractivity contribution in [1.29, 1.82) is 0 Å². The van der Waals surface area contributed by atoms with E-state index >= 15 is 0 Å². The molecular weight excluding hydrogens is 282 g/mol. The van der Waals surface area contributed by atoms with Crippen LogP contribution in [0.3, 0.4) is 0 Å². The average molecular weight is 294 g/mol. The third-order valence-corrected chi connectivity index (χ3v) is 2.87. The largest absolute Gasteiger partial charge is 0.450 e. The highest BCUT2D eigenvalue weighted by Gasteiger charge is 2.20. The lowest BCUT2D eigenvalue weighted by Crippen LogP contribution is -1.95. The van der Waals surface area contributed by atoms with Gasteiger partial charge in [0.1, 0.15) is 10.8 Å². The van der Waals surface area contributed by atoms with Crippen molar-refractivity contribution in [3.63, 3.8) is 0 Å². The van der Waals surface area contributed by atoms with Crippen LogP contribution in [-0.4, -0.2) is 12.0 Å². The van der Waals surface area contributed by atoms with Gasteiger partial charge >= 0.3 is 5.69 Å². The molecule has 0 aliphatic heterocycles. The highest BCUT2D eigenvalue weighted by molar-refractivity contribution is 6.32. The lowest BCUT2D eigenvalue weighted by atomic mass is 10.2. The normalized spacial score (nSPS) is 10.3. The summed E-state index contributed by atoms with van der Waals surface area (Å²) >= 11 is 5.83. The Balaban J connectivity index is 2.32. The number of ether oxygens (including phenoxy) is 2. The molecule has 2 aromatic rings. The van der Waals surface area contributed by atoms with Crippen LogP contribution < -0.4 is 4.74 Å². The molecule has 0 radical (unpaired) electrons. The Morgan fingerprint density at radius 3 is 2.70 bits per heavy atom. The Bertz CT molecular complexity index is 630. The summed E-state index contributed by atoms with van der Waals surface area (Å²) in [4.78, 5) is 10.5. The van der Waals surface area contributed by atoms with E-state index in [9.17, 15) is 10.1 Å². The third-order valence-electron chi connectivity index (χ3n) is 2.57. The predicted octanol–water partition coefficient (Wildman–Crippen LogP) is 4.19. The number of nitro benzene ring substituents is 1. The molecule has 0 aliphatic rings. The van der Waals surface area contributed by atoms with Crippen LogP contribution in [-0.2, 0) is 11.3 Å². The molecule has 0 spiro atoms. The molecule has 6 heteroatoms. The van der Waals surface area contributed by atoms with Gasteiger partial charge in [0, 0.05) is 7.11 Å². The summed E-state index contributed by atoms with van der Waals surface area (Å²) in [6, 6.07) is 11.7. The van der Waals surface area contributed by atoms with Gasteiger partial charge in [-0.25, -0.2) is 0 Å². The Morgan fingerprint density at radius 2 is 2.00 bits per heavy atom. The molecule has 0 atom stereocenters. The zero-order valence-corrected chi connectivity index (χ0v) is 11.5. The summed E-state index contributed by atoms with van der Waals surface area (Å²) in [5, 5.41) is 11.1. The van der Waals surface area contributed by atoms with Gasteiger partial charge in [-0.2, -0.15) is 0 Å². The fraction of sp³-hybridized carbons (Fsp3) is 0.143. The molecule has 5 nitrogen and oxygen atoms in total. The zero-order chi connectivity index (χ0) is 14.5. The second-order valence-corrected chi connectivity index (χ2v) is 4.43. The van der Waals surface area contributed by atoms with Gasteiger partial charge in [0.05, 0.1) is 11.5 Å². The average Bonchev–Trinajstić information content (AvgIpc) is 2.39. The maximum atomic E-state index is 11.0. The molecule has 0 N–H and O–H groups in total. The highest BCUT2D eigenvalue weighted by atomic mass is 35.5. The summed E-state index contributed by atoms with van der Waals surface area (Å²) in [5.74, 6) is 0.599. The standard InChI is InChI=1S/C14H12ClNO4/c1-19-9-10-4-2-5-11(8-10)20-13-7-3-6-12(15)14(13)16(17)18/h2-8H,9H2,1H3. The number of hydrogen-bond acceptors (Lipinski definition) is 4. The van der Waals surface area contributed by atoms with E-state index in [1.165, 1.54) is 12.1 Å². The molecule has 20 heavy (non-hydrogen) atoms. The Morgan fingerprint density at radius 1 is 1.25 bits per heavy atom. The van der Waals surface area contributed by atoms with Crippen molar-refractivity contribution in [3.8, 4) is 11.5 Å². The first-order chi connectivity index (χ1) is 9.61. The lowest BCUT2D eigenvalue weighted by Gasteiger charge is -2.08. The number of para-hydroxylation sites is 1. The van der Waals surface area contributed by atoms with Crippen LogP contribution in [0.1, 0.15) is 5.56 Å². The number of nitrogens with zero attached hydrogens (tertiary/aromatic N) is 1. The van der Waals surface area contributed by atoms with E-state index in [4.69, 9.17) is 21.1 Å². The van der Waals surface area contributed by atoms with Crippen molar-refractivity contribution in [2.75, 3.05) is 7.11 Å². The smallest absolute Gasteiger partial charge is 0.329 e. The van der Waals surface area contributed by atoms with Gasteiger partial charge in [0.2, 0.25) is 5.75 Å². The highest BCUT2D eigenvalue weighted by Crippen LogP contribution is 2.37. The van der Waals surface area contributed by atoms with Gasteiger partial charge in [-0.1, -0.05) is 29.8 Å². The fourth-order valence-electron chi connectivity index (χ4n) is 1.75. The van der Waals surface area contributed by atoms with Crippen LogP contribution in [0.5, 0.6) is 11.5 Å². The van der Waals surface area contributed by atoms with Crippen LogP contribution in [0, 0.1) is 10.1 Å². The molecule has 2 rings (SSSR count). The van der Waals surface area contributed by atoms with Gasteiger partial charge in [-0.3, -0.25) is 10.1 Å². The van der Waals surface area contributed by atoms with E-state index in [1.807, 2.05) is 6.07 Å². The molecule has 0 bridgehead atoms. The third kappa shape index (κ3) is 3.26. The maximum Gasteiger partial charge on any atom is 0.329 e. The van der Waals surface area contributed by atoms with Crippen LogP contribution in [0.25, 0.3) is 0 Å². The lowest BCUT2D eigenvalue weighted by molar-refractivity contribution is -0.385. The summed E-state index contributed by atoms with van der Waals surface area (Å²) in [7, 11) is 1.59. The maximum absolute atomic E-state index is 11.0. The summed E-state index contributed by atoms with van der Waals surface area (Å²) in [6.07, 6.45) is 0. The van der Waals surface area contributed by atoms with E-state index in [0.717, 1.165) is 5.56 Å². The first-order valence-corrected chi connectivity index (χ1v) is 6.18. The van der Waals surface area contributed by atoms with Gasteiger partial charge in [0.25, 0.3) is 0 Å². The van der Waals surface area contributed by atoms with Gasteiger partial charge in [-0.15, -0.1) is 0 Å². The van der Waals surface area contributed by atoms with Crippen molar-refractivity contribution in [1.82, 2.24) is 0 Å². The summed E-state index contributed by atoms with van der Waals surface area (Å²) in [6.45, 7) is 0.439. The molecule has 0 unspecified atom stereocenters. The number of hydrogen-bond donors (Lipinski definition) is 0.